The third kappa shape index (κ3) is 5.22. The van der Waals surface area contributed by atoms with Crippen molar-refractivity contribution >= 4 is 33.4 Å². The topological polar surface area (TPSA) is 117 Å². The van der Waals surface area contributed by atoms with Gasteiger partial charge >= 0.3 is 12.3 Å². The molecule has 13 heteroatoms. The van der Waals surface area contributed by atoms with Crippen molar-refractivity contribution in [1.29, 1.82) is 5.26 Å². The number of halogens is 4. The van der Waals surface area contributed by atoms with Crippen LogP contribution in [0.1, 0.15) is 25.7 Å². The lowest BCUT2D eigenvalue weighted by atomic mass is 10.3. The molecule has 0 radical (unpaired) electrons. The highest BCUT2D eigenvalue weighted by Gasteiger charge is 2.49. The molecular weight excluding hydrogens is 463 g/mol. The molecule has 0 unspecified atom stereocenters. The van der Waals surface area contributed by atoms with Crippen LogP contribution in [-0.2, 0) is 19.4 Å². The Kier molecular flexibility index (Phi) is 6.12. The normalized spacial score (nSPS) is 22.5. The Labute approximate surface area is 180 Å². The molecule has 1 saturated heterocycles. The van der Waals surface area contributed by atoms with E-state index < -0.39 is 64.4 Å². The second kappa shape index (κ2) is 8.20. The maximum Gasteiger partial charge on any atom is 0.410 e. The second-order valence-electron chi connectivity index (χ2n) is 7.35. The average Bonchev–Trinajstić information content (AvgIpc) is 3.29. The number of benzene rings is 1. The van der Waals surface area contributed by atoms with Crippen LogP contribution in [0.2, 0.25) is 5.02 Å². The van der Waals surface area contributed by atoms with Crippen molar-refractivity contribution in [3.05, 3.63) is 29.3 Å². The Morgan fingerprint density at radius 2 is 1.97 bits per heavy atom. The molecule has 3 rings (SSSR count). The largest absolute Gasteiger partial charge is 0.425 e. The van der Waals surface area contributed by atoms with E-state index in [-0.39, 0.29) is 9.92 Å². The van der Waals surface area contributed by atoms with Gasteiger partial charge in [-0.15, -0.1) is 0 Å². The SMILES string of the molecule is N#CC1(NC(=O)O[C@H]2C[C@@H](S(=O)(=O)c3ccccc3Cl)CN2C(=O)CC(F)(F)F)CC1. The molecule has 2 aliphatic rings. The molecule has 168 valence electrons. The van der Waals surface area contributed by atoms with E-state index in [0.717, 1.165) is 0 Å². The summed E-state index contributed by atoms with van der Waals surface area (Å²) in [7, 11) is -4.15. The predicted octanol–water partition coefficient (Wildman–Crippen LogP) is 2.78. The fraction of sp³-hybridized carbons (Fsp3) is 0.500. The van der Waals surface area contributed by atoms with Crippen LogP contribution in [0.4, 0.5) is 18.0 Å². The molecule has 31 heavy (non-hydrogen) atoms. The van der Waals surface area contributed by atoms with Crippen molar-refractivity contribution in [2.75, 3.05) is 6.54 Å². The Morgan fingerprint density at radius 3 is 2.52 bits per heavy atom. The molecule has 2 fully saturated rings. The van der Waals surface area contributed by atoms with Gasteiger partial charge in [0.25, 0.3) is 0 Å². The van der Waals surface area contributed by atoms with E-state index in [9.17, 15) is 31.2 Å². The molecule has 2 amide bonds. The molecule has 0 aromatic heterocycles. The number of nitriles is 1. The van der Waals surface area contributed by atoms with E-state index in [1.165, 1.54) is 24.3 Å². The molecule has 0 spiro atoms. The minimum absolute atomic E-state index is 0.0810. The first-order valence-corrected chi connectivity index (χ1v) is 11.0. The van der Waals surface area contributed by atoms with E-state index in [1.807, 2.05) is 6.07 Å². The second-order valence-corrected chi connectivity index (χ2v) is 9.95. The van der Waals surface area contributed by atoms with Crippen molar-refractivity contribution < 1.29 is 35.9 Å². The fourth-order valence-electron chi connectivity index (χ4n) is 3.23. The summed E-state index contributed by atoms with van der Waals surface area (Å²) in [6.45, 7) is -0.607. The minimum atomic E-state index is -4.83. The molecular formula is C18H17ClF3N3O5S. The van der Waals surface area contributed by atoms with Crippen molar-refractivity contribution in [3.8, 4) is 6.07 Å². The average molecular weight is 480 g/mol. The molecule has 8 nitrogen and oxygen atoms in total. The number of alkyl halides is 3. The van der Waals surface area contributed by atoms with Gasteiger partial charge < -0.3 is 15.0 Å². The van der Waals surface area contributed by atoms with Crippen molar-refractivity contribution in [2.45, 2.75) is 53.8 Å². The highest BCUT2D eigenvalue weighted by molar-refractivity contribution is 7.92. The van der Waals surface area contributed by atoms with Gasteiger partial charge in [-0.1, -0.05) is 23.7 Å². The number of nitrogens with one attached hydrogen (secondary N) is 1. The molecule has 1 saturated carbocycles. The predicted molar refractivity (Wildman–Crippen MR) is 100 cm³/mol. The monoisotopic (exact) mass is 479 g/mol. The van der Waals surface area contributed by atoms with Gasteiger partial charge in [-0.2, -0.15) is 18.4 Å². The van der Waals surface area contributed by atoms with Gasteiger partial charge in [-0.3, -0.25) is 4.79 Å². The van der Waals surface area contributed by atoms with Crippen LogP contribution in [0.5, 0.6) is 0 Å². The maximum absolute atomic E-state index is 13.0. The number of sulfone groups is 1. The zero-order valence-corrected chi connectivity index (χ0v) is 17.4. The number of hydrogen-bond acceptors (Lipinski definition) is 6. The van der Waals surface area contributed by atoms with E-state index in [4.69, 9.17) is 21.6 Å². The third-order valence-electron chi connectivity index (χ3n) is 5.01. The van der Waals surface area contributed by atoms with Crippen molar-refractivity contribution in [3.63, 3.8) is 0 Å². The van der Waals surface area contributed by atoms with Crippen LogP contribution in [0.3, 0.4) is 0 Å². The standard InChI is InChI=1S/C18H17ClF3N3O5S/c19-12-3-1-2-4-13(12)31(28,29)11-7-15(25(9-11)14(26)8-18(20,21)22)30-16(27)24-17(10-23)5-6-17/h1-4,11,15H,5-9H2,(H,24,27)/t11-,15+/m1/s1. The van der Waals surface area contributed by atoms with Gasteiger partial charge in [0, 0.05) is 13.0 Å². The van der Waals surface area contributed by atoms with Crippen molar-refractivity contribution in [1.82, 2.24) is 10.2 Å². The summed E-state index contributed by atoms with van der Waals surface area (Å²) in [6, 6.07) is 7.40. The smallest absolute Gasteiger partial charge is 0.410 e. The summed E-state index contributed by atoms with van der Waals surface area (Å²) in [5, 5.41) is 9.91. The van der Waals surface area contributed by atoms with Crippen LogP contribution in [0, 0.1) is 11.3 Å². The fourth-order valence-corrected chi connectivity index (χ4v) is 5.43. The van der Waals surface area contributed by atoms with Crippen molar-refractivity contribution in [2.24, 2.45) is 0 Å². The minimum Gasteiger partial charge on any atom is -0.425 e. The van der Waals surface area contributed by atoms with Gasteiger partial charge in [-0.05, 0) is 25.0 Å². The zero-order valence-electron chi connectivity index (χ0n) is 15.9. The Balaban J connectivity index is 1.83. The first-order chi connectivity index (χ1) is 14.4. The van der Waals surface area contributed by atoms with E-state index >= 15 is 0 Å². The summed E-state index contributed by atoms with van der Waals surface area (Å²) >= 11 is 5.96. The molecule has 1 aromatic rings. The molecule has 1 N–H and O–H groups in total. The van der Waals surface area contributed by atoms with Crippen LogP contribution in [-0.4, -0.2) is 55.1 Å². The summed E-state index contributed by atoms with van der Waals surface area (Å²) in [5.74, 6) is -1.43. The molecule has 1 aliphatic heterocycles. The number of carbonyl (C=O) groups is 2. The quantitative estimate of drug-likeness (QED) is 0.694. The van der Waals surface area contributed by atoms with Gasteiger partial charge in [0.2, 0.25) is 5.91 Å². The number of alkyl carbamates (subject to hydrolysis) is 1. The van der Waals surface area contributed by atoms with Crippen LogP contribution < -0.4 is 5.32 Å². The summed E-state index contributed by atoms with van der Waals surface area (Å²) in [6.07, 6.45) is -9.02. The van der Waals surface area contributed by atoms with Gasteiger partial charge in [0.15, 0.2) is 16.1 Å². The van der Waals surface area contributed by atoms with E-state index in [2.05, 4.69) is 5.32 Å². The summed E-state index contributed by atoms with van der Waals surface area (Å²) in [4.78, 5) is 24.7. The number of hydrogen-bond donors (Lipinski definition) is 1. The lowest BCUT2D eigenvalue weighted by Crippen LogP contribution is -2.44. The molecule has 1 heterocycles. The number of carbonyl (C=O) groups excluding carboxylic acids is 2. The summed E-state index contributed by atoms with van der Waals surface area (Å²) in [5.41, 5.74) is -1.11. The molecule has 1 aliphatic carbocycles. The lowest BCUT2D eigenvalue weighted by molar-refractivity contribution is -0.165. The first-order valence-electron chi connectivity index (χ1n) is 9.12. The molecule has 2 atom stereocenters. The number of nitrogens with zero attached hydrogens (tertiary/aromatic N) is 2. The first kappa shape index (κ1) is 23.1. The lowest BCUT2D eigenvalue weighted by Gasteiger charge is -2.25. The number of amides is 2. The van der Waals surface area contributed by atoms with Crippen LogP contribution in [0.15, 0.2) is 29.2 Å². The van der Waals surface area contributed by atoms with Crippen LogP contribution >= 0.6 is 11.6 Å². The highest BCUT2D eigenvalue weighted by atomic mass is 35.5. The number of ether oxygens (including phenoxy) is 1. The van der Waals surface area contributed by atoms with Crippen LogP contribution in [0.25, 0.3) is 0 Å². The summed E-state index contributed by atoms with van der Waals surface area (Å²) < 4.78 is 69.2. The molecule has 0 bridgehead atoms. The number of likely N-dealkylation sites (tertiary alicyclic amines) is 1. The Bertz CT molecular complexity index is 1040. The van der Waals surface area contributed by atoms with Gasteiger partial charge in [0.1, 0.15) is 12.0 Å². The van der Waals surface area contributed by atoms with E-state index in [1.54, 1.807) is 0 Å². The highest BCUT2D eigenvalue weighted by Crippen LogP contribution is 2.36. The number of rotatable bonds is 5. The van der Waals surface area contributed by atoms with E-state index in [0.29, 0.717) is 17.7 Å². The Morgan fingerprint density at radius 1 is 1.32 bits per heavy atom. The zero-order chi connectivity index (χ0) is 23.0. The van der Waals surface area contributed by atoms with Gasteiger partial charge in [-0.25, -0.2) is 13.2 Å². The van der Waals surface area contributed by atoms with Gasteiger partial charge in [0.05, 0.1) is 21.2 Å². The Hall–Kier alpha value is -2.52. The maximum atomic E-state index is 13.0. The molecule has 1 aromatic carbocycles. The third-order valence-corrected chi connectivity index (χ3v) is 7.64.